The first-order chi connectivity index (χ1) is 9.76. The Morgan fingerprint density at radius 3 is 2.40 bits per heavy atom. The van der Waals surface area contributed by atoms with Crippen LogP contribution in [0.1, 0.15) is 5.56 Å². The molecule has 0 fully saturated rings. The Morgan fingerprint density at radius 1 is 0.900 bits per heavy atom. The standard InChI is InChI=1S/C17H10INO/c18-17-3-1-2-13-6-9-15(10-16(13)17)20-14-7-4-12(11-19)5-8-14/h1-10H. The third-order valence-corrected chi connectivity index (χ3v) is 3.96. The van der Waals surface area contributed by atoms with Crippen LogP contribution in [-0.4, -0.2) is 0 Å². The van der Waals surface area contributed by atoms with Crippen molar-refractivity contribution < 1.29 is 4.74 Å². The molecule has 2 nitrogen and oxygen atoms in total. The average Bonchev–Trinajstić information content (AvgIpc) is 2.49. The minimum atomic E-state index is 0.630. The SMILES string of the molecule is N#Cc1ccc(Oc2ccc3cccc(I)c3c2)cc1. The summed E-state index contributed by atoms with van der Waals surface area (Å²) in [4.78, 5) is 0. The molecule has 0 aliphatic heterocycles. The molecule has 0 N–H and O–H groups in total. The maximum absolute atomic E-state index is 8.78. The highest BCUT2D eigenvalue weighted by molar-refractivity contribution is 14.1. The van der Waals surface area contributed by atoms with Crippen molar-refractivity contribution in [1.29, 1.82) is 5.26 Å². The van der Waals surface area contributed by atoms with Crippen molar-refractivity contribution in [3.8, 4) is 17.6 Å². The van der Waals surface area contributed by atoms with Crippen LogP contribution in [-0.2, 0) is 0 Å². The molecule has 96 valence electrons. The fourth-order valence-corrected chi connectivity index (χ4v) is 2.69. The lowest BCUT2D eigenvalue weighted by atomic mass is 10.1. The summed E-state index contributed by atoms with van der Waals surface area (Å²) in [7, 11) is 0. The second-order valence-electron chi connectivity index (χ2n) is 4.36. The van der Waals surface area contributed by atoms with Gasteiger partial charge in [-0.25, -0.2) is 0 Å². The van der Waals surface area contributed by atoms with Gasteiger partial charge in [0, 0.05) is 3.57 Å². The Labute approximate surface area is 130 Å². The van der Waals surface area contributed by atoms with Crippen LogP contribution in [0.3, 0.4) is 0 Å². The Hall–Kier alpha value is -2.06. The first-order valence-electron chi connectivity index (χ1n) is 6.12. The van der Waals surface area contributed by atoms with E-state index in [2.05, 4.69) is 46.9 Å². The minimum absolute atomic E-state index is 0.630. The Morgan fingerprint density at radius 2 is 1.65 bits per heavy atom. The molecular formula is C17H10INO. The first-order valence-corrected chi connectivity index (χ1v) is 7.20. The van der Waals surface area contributed by atoms with E-state index in [1.54, 1.807) is 24.3 Å². The molecule has 0 spiro atoms. The number of halogens is 1. The molecule has 0 aliphatic rings. The van der Waals surface area contributed by atoms with Crippen LogP contribution in [0.15, 0.2) is 60.7 Å². The quantitative estimate of drug-likeness (QED) is 0.587. The van der Waals surface area contributed by atoms with Gasteiger partial charge in [0.05, 0.1) is 11.6 Å². The molecule has 0 heterocycles. The van der Waals surface area contributed by atoms with Gasteiger partial charge >= 0.3 is 0 Å². The number of nitrogens with zero attached hydrogens (tertiary/aromatic N) is 1. The van der Waals surface area contributed by atoms with Crippen molar-refractivity contribution in [1.82, 2.24) is 0 Å². The highest BCUT2D eigenvalue weighted by Gasteiger charge is 2.02. The zero-order valence-electron chi connectivity index (χ0n) is 10.5. The fraction of sp³-hybridized carbons (Fsp3) is 0. The van der Waals surface area contributed by atoms with E-state index < -0.39 is 0 Å². The van der Waals surface area contributed by atoms with E-state index in [9.17, 15) is 0 Å². The number of hydrogen-bond donors (Lipinski definition) is 0. The molecule has 0 atom stereocenters. The summed E-state index contributed by atoms with van der Waals surface area (Å²) >= 11 is 2.32. The van der Waals surface area contributed by atoms with Gasteiger partial charge in [0.2, 0.25) is 0 Å². The lowest BCUT2D eigenvalue weighted by Gasteiger charge is -2.07. The van der Waals surface area contributed by atoms with E-state index in [0.717, 1.165) is 11.5 Å². The summed E-state index contributed by atoms with van der Waals surface area (Å²) in [6.07, 6.45) is 0. The van der Waals surface area contributed by atoms with Gasteiger partial charge < -0.3 is 4.74 Å². The molecule has 3 aromatic rings. The van der Waals surface area contributed by atoms with E-state index in [4.69, 9.17) is 10.00 Å². The minimum Gasteiger partial charge on any atom is -0.457 e. The normalized spacial score (nSPS) is 10.2. The second kappa shape index (κ2) is 5.51. The topological polar surface area (TPSA) is 33.0 Å². The van der Waals surface area contributed by atoms with Crippen molar-refractivity contribution in [2.24, 2.45) is 0 Å². The van der Waals surface area contributed by atoms with Gasteiger partial charge in [0.25, 0.3) is 0 Å². The van der Waals surface area contributed by atoms with Crippen LogP contribution in [0, 0.1) is 14.9 Å². The molecule has 0 unspecified atom stereocenters. The predicted molar refractivity (Wildman–Crippen MR) is 87.9 cm³/mol. The summed E-state index contributed by atoms with van der Waals surface area (Å²) in [5.74, 6) is 1.53. The molecule has 20 heavy (non-hydrogen) atoms. The smallest absolute Gasteiger partial charge is 0.128 e. The monoisotopic (exact) mass is 371 g/mol. The molecule has 3 aromatic carbocycles. The summed E-state index contributed by atoms with van der Waals surface area (Å²) in [5.41, 5.74) is 0.630. The number of nitriles is 1. The number of ether oxygens (including phenoxy) is 1. The number of hydrogen-bond acceptors (Lipinski definition) is 2. The molecule has 3 heteroatoms. The molecule has 0 saturated carbocycles. The van der Waals surface area contributed by atoms with Gasteiger partial charge in [0.15, 0.2) is 0 Å². The lowest BCUT2D eigenvalue weighted by Crippen LogP contribution is -1.85. The molecule has 3 rings (SSSR count). The zero-order chi connectivity index (χ0) is 13.9. The van der Waals surface area contributed by atoms with Crippen LogP contribution < -0.4 is 4.74 Å². The summed E-state index contributed by atoms with van der Waals surface area (Å²) in [6, 6.07) is 21.5. The largest absolute Gasteiger partial charge is 0.457 e. The highest BCUT2D eigenvalue weighted by Crippen LogP contribution is 2.28. The van der Waals surface area contributed by atoms with Gasteiger partial charge in [-0.3, -0.25) is 0 Å². The molecule has 0 aromatic heterocycles. The summed E-state index contributed by atoms with van der Waals surface area (Å²) in [6.45, 7) is 0. The first kappa shape index (κ1) is 12.9. The number of fused-ring (bicyclic) bond motifs is 1. The third kappa shape index (κ3) is 2.61. The molecule has 0 aliphatic carbocycles. The maximum atomic E-state index is 8.78. The number of rotatable bonds is 2. The van der Waals surface area contributed by atoms with Crippen molar-refractivity contribution in [3.63, 3.8) is 0 Å². The summed E-state index contributed by atoms with van der Waals surface area (Å²) in [5, 5.41) is 11.2. The molecule has 0 amide bonds. The Kier molecular flexibility index (Phi) is 3.57. The molecule has 0 bridgehead atoms. The maximum Gasteiger partial charge on any atom is 0.128 e. The lowest BCUT2D eigenvalue weighted by molar-refractivity contribution is 0.483. The predicted octanol–water partition coefficient (Wildman–Crippen LogP) is 5.11. The van der Waals surface area contributed by atoms with Crippen molar-refractivity contribution in [3.05, 3.63) is 69.8 Å². The Balaban J connectivity index is 1.94. The van der Waals surface area contributed by atoms with Crippen molar-refractivity contribution in [2.75, 3.05) is 0 Å². The van der Waals surface area contributed by atoms with E-state index >= 15 is 0 Å². The van der Waals surface area contributed by atoms with E-state index in [-0.39, 0.29) is 0 Å². The van der Waals surface area contributed by atoms with Gasteiger partial charge in [0.1, 0.15) is 11.5 Å². The molecule has 0 radical (unpaired) electrons. The van der Waals surface area contributed by atoms with E-state index in [1.165, 1.54) is 14.3 Å². The van der Waals surface area contributed by atoms with Gasteiger partial charge in [-0.2, -0.15) is 5.26 Å². The van der Waals surface area contributed by atoms with Crippen LogP contribution in [0.5, 0.6) is 11.5 Å². The average molecular weight is 371 g/mol. The van der Waals surface area contributed by atoms with Crippen LogP contribution in [0.2, 0.25) is 0 Å². The Bertz CT molecular complexity index is 803. The highest BCUT2D eigenvalue weighted by atomic mass is 127. The summed E-state index contributed by atoms with van der Waals surface area (Å²) < 4.78 is 7.03. The van der Waals surface area contributed by atoms with Crippen molar-refractivity contribution in [2.45, 2.75) is 0 Å². The molecule has 0 saturated heterocycles. The van der Waals surface area contributed by atoms with Crippen LogP contribution in [0.25, 0.3) is 10.8 Å². The van der Waals surface area contributed by atoms with Gasteiger partial charge in [-0.05, 0) is 75.8 Å². The fourth-order valence-electron chi connectivity index (χ4n) is 2.01. The zero-order valence-corrected chi connectivity index (χ0v) is 12.7. The van der Waals surface area contributed by atoms with Crippen molar-refractivity contribution >= 4 is 33.4 Å². The van der Waals surface area contributed by atoms with E-state index in [1.807, 2.05) is 18.2 Å². The van der Waals surface area contributed by atoms with Crippen LogP contribution in [0.4, 0.5) is 0 Å². The second-order valence-corrected chi connectivity index (χ2v) is 5.52. The molecular weight excluding hydrogens is 361 g/mol. The van der Waals surface area contributed by atoms with Crippen LogP contribution >= 0.6 is 22.6 Å². The number of benzene rings is 3. The third-order valence-electron chi connectivity index (χ3n) is 3.02. The van der Waals surface area contributed by atoms with Gasteiger partial charge in [-0.1, -0.05) is 18.2 Å². The van der Waals surface area contributed by atoms with E-state index in [0.29, 0.717) is 5.56 Å². The van der Waals surface area contributed by atoms with Gasteiger partial charge in [-0.15, -0.1) is 0 Å².